The van der Waals surface area contributed by atoms with Gasteiger partial charge in [-0.25, -0.2) is 4.39 Å². The summed E-state index contributed by atoms with van der Waals surface area (Å²) in [4.78, 5) is 0.958. The summed E-state index contributed by atoms with van der Waals surface area (Å²) in [5, 5.41) is 11.9. The van der Waals surface area contributed by atoms with Crippen molar-refractivity contribution in [1.82, 2.24) is 15.5 Å². The van der Waals surface area contributed by atoms with Crippen LogP contribution in [-0.2, 0) is 13.1 Å². The minimum atomic E-state index is -0.175. The first-order valence-electron chi connectivity index (χ1n) is 6.33. The van der Waals surface area contributed by atoms with Gasteiger partial charge in [0.15, 0.2) is 0 Å². The first kappa shape index (κ1) is 13.0. The smallest absolute Gasteiger partial charge is 0.131 e. The van der Waals surface area contributed by atoms with E-state index < -0.39 is 0 Å². The van der Waals surface area contributed by atoms with E-state index in [1.54, 1.807) is 17.5 Å². The zero-order chi connectivity index (χ0) is 13.8. The number of nitrogens with zero attached hydrogens (tertiary/aromatic N) is 1. The van der Waals surface area contributed by atoms with Crippen LogP contribution in [0.5, 0.6) is 0 Å². The molecule has 0 fully saturated rings. The molecule has 0 unspecified atom stereocenters. The molecule has 102 valence electrons. The van der Waals surface area contributed by atoms with Crippen LogP contribution >= 0.6 is 11.3 Å². The Morgan fingerprint density at radius 2 is 2.10 bits per heavy atom. The minimum Gasteiger partial charge on any atom is -0.309 e. The zero-order valence-electron chi connectivity index (χ0n) is 10.8. The van der Waals surface area contributed by atoms with E-state index >= 15 is 0 Å². The zero-order valence-corrected chi connectivity index (χ0v) is 11.6. The molecule has 0 saturated heterocycles. The number of aromatic nitrogens is 2. The van der Waals surface area contributed by atoms with Crippen LogP contribution in [0.2, 0.25) is 0 Å². The lowest BCUT2D eigenvalue weighted by atomic mass is 10.1. The molecule has 0 radical (unpaired) electrons. The van der Waals surface area contributed by atoms with E-state index in [9.17, 15) is 4.39 Å². The summed E-state index contributed by atoms with van der Waals surface area (Å²) in [5.74, 6) is -0.175. The molecule has 3 rings (SSSR count). The maximum Gasteiger partial charge on any atom is 0.131 e. The Balaban J connectivity index is 1.69. The molecule has 0 aliphatic rings. The molecule has 0 amide bonds. The second-order valence-electron chi connectivity index (χ2n) is 4.50. The van der Waals surface area contributed by atoms with Gasteiger partial charge in [0.25, 0.3) is 0 Å². The third-order valence-electron chi connectivity index (χ3n) is 3.03. The molecule has 0 atom stereocenters. The molecule has 0 spiro atoms. The minimum absolute atomic E-state index is 0.175. The summed E-state index contributed by atoms with van der Waals surface area (Å²) < 4.78 is 13.9. The number of thiophene rings is 1. The lowest BCUT2D eigenvalue weighted by Crippen LogP contribution is -2.12. The van der Waals surface area contributed by atoms with E-state index in [2.05, 4.69) is 15.5 Å². The molecule has 3 aromatic rings. The summed E-state index contributed by atoms with van der Waals surface area (Å²) in [6.07, 6.45) is 3.64. The maximum atomic E-state index is 13.9. The van der Waals surface area contributed by atoms with Gasteiger partial charge in [0, 0.05) is 35.3 Å². The lowest BCUT2D eigenvalue weighted by Gasteiger charge is -2.06. The molecule has 2 N–H and O–H groups in total. The van der Waals surface area contributed by atoms with Crippen LogP contribution in [0.25, 0.3) is 10.4 Å². The third-order valence-corrected chi connectivity index (χ3v) is 3.93. The van der Waals surface area contributed by atoms with Gasteiger partial charge < -0.3 is 5.32 Å². The number of H-pyrrole nitrogens is 1. The number of benzene rings is 1. The fraction of sp³-hybridized carbons (Fsp3) is 0.133. The Bertz CT molecular complexity index is 663. The summed E-state index contributed by atoms with van der Waals surface area (Å²) in [6, 6.07) is 9.12. The van der Waals surface area contributed by atoms with Gasteiger partial charge in [-0.15, -0.1) is 11.3 Å². The number of hydrogen-bond acceptors (Lipinski definition) is 3. The van der Waals surface area contributed by atoms with Crippen LogP contribution in [0.15, 0.2) is 48.1 Å². The molecule has 3 nitrogen and oxygen atoms in total. The maximum absolute atomic E-state index is 13.9. The van der Waals surface area contributed by atoms with E-state index in [-0.39, 0.29) is 5.82 Å². The molecule has 0 saturated carbocycles. The van der Waals surface area contributed by atoms with Crippen LogP contribution in [0.1, 0.15) is 11.1 Å². The van der Waals surface area contributed by atoms with Crippen LogP contribution in [0.4, 0.5) is 4.39 Å². The van der Waals surface area contributed by atoms with Gasteiger partial charge in [-0.05, 0) is 29.1 Å². The predicted molar refractivity (Wildman–Crippen MR) is 78.8 cm³/mol. The Kier molecular flexibility index (Phi) is 3.90. The first-order valence-corrected chi connectivity index (χ1v) is 7.21. The first-order chi connectivity index (χ1) is 9.83. The van der Waals surface area contributed by atoms with Crippen LogP contribution in [-0.4, -0.2) is 10.2 Å². The summed E-state index contributed by atoms with van der Waals surface area (Å²) in [5.41, 5.74) is 2.84. The Morgan fingerprint density at radius 3 is 2.85 bits per heavy atom. The molecular weight excluding hydrogens is 273 g/mol. The number of hydrogen-bond donors (Lipinski definition) is 2. The van der Waals surface area contributed by atoms with Gasteiger partial charge in [-0.2, -0.15) is 5.10 Å². The number of rotatable bonds is 5. The average molecular weight is 287 g/mol. The average Bonchev–Trinajstić information content (AvgIpc) is 3.13. The van der Waals surface area contributed by atoms with E-state index in [0.29, 0.717) is 12.1 Å². The van der Waals surface area contributed by atoms with Gasteiger partial charge in [0.05, 0.1) is 6.20 Å². The van der Waals surface area contributed by atoms with E-state index in [1.165, 1.54) is 6.07 Å². The molecule has 1 aromatic carbocycles. The highest BCUT2D eigenvalue weighted by molar-refractivity contribution is 7.13. The van der Waals surface area contributed by atoms with Crippen molar-refractivity contribution in [1.29, 1.82) is 0 Å². The van der Waals surface area contributed by atoms with Crippen molar-refractivity contribution in [2.45, 2.75) is 13.1 Å². The van der Waals surface area contributed by atoms with Gasteiger partial charge in [0.1, 0.15) is 5.82 Å². The van der Waals surface area contributed by atoms with Crippen molar-refractivity contribution in [3.8, 4) is 10.4 Å². The van der Waals surface area contributed by atoms with Crippen molar-refractivity contribution in [2.24, 2.45) is 0 Å². The van der Waals surface area contributed by atoms with Crippen molar-refractivity contribution < 1.29 is 4.39 Å². The number of nitrogens with one attached hydrogen (secondary N) is 2. The fourth-order valence-electron chi connectivity index (χ4n) is 2.03. The normalized spacial score (nSPS) is 10.8. The van der Waals surface area contributed by atoms with E-state index in [0.717, 1.165) is 22.5 Å². The topological polar surface area (TPSA) is 40.7 Å². The standard InChI is InChI=1S/C15H14FN3S/c16-14-4-3-11(6-13(14)15-2-1-5-20-15)7-17-8-12-9-18-19-10-12/h1-6,9-10,17H,7-8H2,(H,18,19). The fourth-order valence-corrected chi connectivity index (χ4v) is 2.77. The van der Waals surface area contributed by atoms with E-state index in [1.807, 2.05) is 35.8 Å². The van der Waals surface area contributed by atoms with Crippen molar-refractivity contribution in [3.05, 3.63) is 65.0 Å². The SMILES string of the molecule is Fc1ccc(CNCc2cn[nH]c2)cc1-c1cccs1. The lowest BCUT2D eigenvalue weighted by molar-refractivity contribution is 0.629. The van der Waals surface area contributed by atoms with Crippen molar-refractivity contribution >= 4 is 11.3 Å². The van der Waals surface area contributed by atoms with Crippen molar-refractivity contribution in [3.63, 3.8) is 0 Å². The molecule has 0 bridgehead atoms. The Hall–Kier alpha value is -1.98. The highest BCUT2D eigenvalue weighted by atomic mass is 32.1. The van der Waals surface area contributed by atoms with Crippen LogP contribution in [0, 0.1) is 5.82 Å². The van der Waals surface area contributed by atoms with Gasteiger partial charge in [-0.1, -0.05) is 12.1 Å². The largest absolute Gasteiger partial charge is 0.309 e. The van der Waals surface area contributed by atoms with E-state index in [4.69, 9.17) is 0 Å². The summed E-state index contributed by atoms with van der Waals surface area (Å²) in [6.45, 7) is 1.44. The van der Waals surface area contributed by atoms with Crippen LogP contribution < -0.4 is 5.32 Å². The highest BCUT2D eigenvalue weighted by Crippen LogP contribution is 2.28. The van der Waals surface area contributed by atoms with Gasteiger partial charge in [-0.3, -0.25) is 5.10 Å². The molecule has 0 aliphatic carbocycles. The molecular formula is C15H14FN3S. The highest BCUT2D eigenvalue weighted by Gasteiger charge is 2.07. The van der Waals surface area contributed by atoms with Crippen LogP contribution in [0.3, 0.4) is 0 Å². The third kappa shape index (κ3) is 2.95. The number of halogens is 1. The van der Waals surface area contributed by atoms with Gasteiger partial charge >= 0.3 is 0 Å². The van der Waals surface area contributed by atoms with Gasteiger partial charge in [0.2, 0.25) is 0 Å². The second-order valence-corrected chi connectivity index (χ2v) is 5.45. The second kappa shape index (κ2) is 5.98. The molecule has 20 heavy (non-hydrogen) atoms. The molecule has 5 heteroatoms. The predicted octanol–water partition coefficient (Wildman–Crippen LogP) is 3.57. The molecule has 0 aliphatic heterocycles. The Labute approximate surface area is 120 Å². The quantitative estimate of drug-likeness (QED) is 0.753. The molecule has 2 aromatic heterocycles. The number of aromatic amines is 1. The Morgan fingerprint density at radius 1 is 1.20 bits per heavy atom. The summed E-state index contributed by atoms with van der Waals surface area (Å²) in [7, 11) is 0. The summed E-state index contributed by atoms with van der Waals surface area (Å²) >= 11 is 1.55. The monoisotopic (exact) mass is 287 g/mol. The van der Waals surface area contributed by atoms with Crippen molar-refractivity contribution in [2.75, 3.05) is 0 Å². The molecule has 2 heterocycles.